The van der Waals surface area contributed by atoms with Gasteiger partial charge in [0.2, 0.25) is 5.91 Å². The molecule has 1 fully saturated rings. The van der Waals surface area contributed by atoms with E-state index in [2.05, 4.69) is 37.2 Å². The molecule has 18 heavy (non-hydrogen) atoms. The third kappa shape index (κ3) is 3.10. The van der Waals surface area contributed by atoms with E-state index in [0.717, 1.165) is 31.6 Å². The number of likely N-dealkylation sites (tertiary alicyclic amines) is 1. The summed E-state index contributed by atoms with van der Waals surface area (Å²) in [6.07, 6.45) is 1.93. The zero-order chi connectivity index (χ0) is 13.1. The van der Waals surface area contributed by atoms with E-state index in [1.54, 1.807) is 0 Å². The minimum Gasteiger partial charge on any atom is -0.326 e. The summed E-state index contributed by atoms with van der Waals surface area (Å²) in [5.41, 5.74) is 3.39. The standard InChI is InChI=1S/C15H22N2O/c1-11-4-5-14(10-12(11)2)16-15(18)13-6-8-17(3)9-7-13/h4-5,10,13H,6-9H2,1-3H3,(H,16,18). The number of anilines is 1. The molecule has 0 aromatic heterocycles. The van der Waals surface area contributed by atoms with Crippen LogP contribution in [0.25, 0.3) is 0 Å². The van der Waals surface area contributed by atoms with Crippen molar-refractivity contribution in [3.05, 3.63) is 29.3 Å². The number of nitrogens with zero attached hydrogens (tertiary/aromatic N) is 1. The van der Waals surface area contributed by atoms with E-state index < -0.39 is 0 Å². The van der Waals surface area contributed by atoms with Crippen LogP contribution in [0.5, 0.6) is 0 Å². The molecule has 0 unspecified atom stereocenters. The third-order valence-corrected chi connectivity index (χ3v) is 3.86. The smallest absolute Gasteiger partial charge is 0.227 e. The fourth-order valence-corrected chi connectivity index (χ4v) is 2.33. The highest BCUT2D eigenvalue weighted by atomic mass is 16.1. The number of benzene rings is 1. The maximum absolute atomic E-state index is 12.1. The summed E-state index contributed by atoms with van der Waals surface area (Å²) in [5.74, 6) is 0.342. The van der Waals surface area contributed by atoms with E-state index in [1.807, 2.05) is 12.1 Å². The van der Waals surface area contributed by atoms with Crippen LogP contribution in [0.1, 0.15) is 24.0 Å². The molecule has 98 valence electrons. The summed E-state index contributed by atoms with van der Waals surface area (Å²) in [4.78, 5) is 14.4. The second-order valence-corrected chi connectivity index (χ2v) is 5.37. The molecular formula is C15H22N2O. The predicted octanol–water partition coefficient (Wildman–Crippen LogP) is 2.58. The minimum absolute atomic E-state index is 0.169. The van der Waals surface area contributed by atoms with E-state index in [9.17, 15) is 4.79 Å². The minimum atomic E-state index is 0.169. The number of carbonyl (C=O) groups excluding carboxylic acids is 1. The Kier molecular flexibility index (Phi) is 4.02. The van der Waals surface area contributed by atoms with Gasteiger partial charge in [-0.3, -0.25) is 4.79 Å². The Hall–Kier alpha value is -1.35. The Morgan fingerprint density at radius 3 is 2.50 bits per heavy atom. The van der Waals surface area contributed by atoms with E-state index in [-0.39, 0.29) is 11.8 Å². The fraction of sp³-hybridized carbons (Fsp3) is 0.533. The van der Waals surface area contributed by atoms with Gasteiger partial charge in [0, 0.05) is 11.6 Å². The summed E-state index contributed by atoms with van der Waals surface area (Å²) in [6, 6.07) is 6.08. The van der Waals surface area contributed by atoms with E-state index >= 15 is 0 Å². The molecule has 1 aliphatic rings. The van der Waals surface area contributed by atoms with Crippen molar-refractivity contribution in [2.75, 3.05) is 25.5 Å². The number of hydrogen-bond acceptors (Lipinski definition) is 2. The van der Waals surface area contributed by atoms with Crippen molar-refractivity contribution in [1.29, 1.82) is 0 Å². The lowest BCUT2D eigenvalue weighted by Gasteiger charge is -2.28. The van der Waals surface area contributed by atoms with Crippen LogP contribution in [0.15, 0.2) is 18.2 Å². The van der Waals surface area contributed by atoms with Gasteiger partial charge in [-0.2, -0.15) is 0 Å². The Bertz CT molecular complexity index is 434. The van der Waals surface area contributed by atoms with Crippen molar-refractivity contribution in [3.8, 4) is 0 Å². The average molecular weight is 246 g/mol. The number of rotatable bonds is 2. The maximum atomic E-state index is 12.1. The number of piperidine rings is 1. The van der Waals surface area contributed by atoms with Crippen molar-refractivity contribution in [2.24, 2.45) is 5.92 Å². The molecule has 1 N–H and O–H groups in total. The molecule has 0 atom stereocenters. The van der Waals surface area contributed by atoms with E-state index in [0.29, 0.717) is 0 Å². The van der Waals surface area contributed by atoms with Gasteiger partial charge in [-0.15, -0.1) is 0 Å². The van der Waals surface area contributed by atoms with Crippen molar-refractivity contribution >= 4 is 11.6 Å². The number of carbonyl (C=O) groups is 1. The lowest BCUT2D eigenvalue weighted by molar-refractivity contribution is -0.121. The van der Waals surface area contributed by atoms with Crippen LogP contribution in [0.2, 0.25) is 0 Å². The highest BCUT2D eigenvalue weighted by Gasteiger charge is 2.23. The number of amides is 1. The Morgan fingerprint density at radius 1 is 1.22 bits per heavy atom. The van der Waals surface area contributed by atoms with Crippen LogP contribution in [0.4, 0.5) is 5.69 Å². The molecule has 2 rings (SSSR count). The van der Waals surface area contributed by atoms with Crippen molar-refractivity contribution in [3.63, 3.8) is 0 Å². The number of hydrogen-bond donors (Lipinski definition) is 1. The molecule has 3 heteroatoms. The first-order chi connectivity index (χ1) is 8.56. The largest absolute Gasteiger partial charge is 0.326 e. The maximum Gasteiger partial charge on any atom is 0.227 e. The second kappa shape index (κ2) is 5.53. The molecule has 1 amide bonds. The Morgan fingerprint density at radius 2 is 1.89 bits per heavy atom. The van der Waals surface area contributed by atoms with Crippen LogP contribution in [0, 0.1) is 19.8 Å². The van der Waals surface area contributed by atoms with Gasteiger partial charge in [0.1, 0.15) is 0 Å². The summed E-state index contributed by atoms with van der Waals surface area (Å²) in [5, 5.41) is 3.04. The van der Waals surface area contributed by atoms with Gasteiger partial charge in [0.15, 0.2) is 0 Å². The van der Waals surface area contributed by atoms with Gasteiger partial charge in [0.25, 0.3) is 0 Å². The molecule has 1 aromatic carbocycles. The first-order valence-corrected chi connectivity index (χ1v) is 6.63. The molecule has 0 radical (unpaired) electrons. The first-order valence-electron chi connectivity index (χ1n) is 6.63. The van der Waals surface area contributed by atoms with Crippen molar-refractivity contribution in [1.82, 2.24) is 4.90 Å². The molecule has 1 aliphatic heterocycles. The highest BCUT2D eigenvalue weighted by Crippen LogP contribution is 2.20. The summed E-state index contributed by atoms with van der Waals surface area (Å²) < 4.78 is 0. The van der Waals surface area contributed by atoms with E-state index in [1.165, 1.54) is 11.1 Å². The van der Waals surface area contributed by atoms with Crippen LogP contribution in [0.3, 0.4) is 0 Å². The lowest BCUT2D eigenvalue weighted by atomic mass is 9.96. The Labute approximate surface area is 109 Å². The van der Waals surface area contributed by atoms with Crippen LogP contribution in [-0.4, -0.2) is 30.9 Å². The monoisotopic (exact) mass is 246 g/mol. The first kappa shape index (κ1) is 13.1. The van der Waals surface area contributed by atoms with Gasteiger partial charge in [-0.25, -0.2) is 0 Å². The van der Waals surface area contributed by atoms with Gasteiger partial charge >= 0.3 is 0 Å². The lowest BCUT2D eigenvalue weighted by Crippen LogP contribution is -2.35. The molecule has 0 aliphatic carbocycles. The number of nitrogens with one attached hydrogen (secondary N) is 1. The molecular weight excluding hydrogens is 224 g/mol. The SMILES string of the molecule is Cc1ccc(NC(=O)C2CCN(C)CC2)cc1C. The highest BCUT2D eigenvalue weighted by molar-refractivity contribution is 5.92. The zero-order valence-electron chi connectivity index (χ0n) is 11.5. The molecule has 3 nitrogen and oxygen atoms in total. The van der Waals surface area contributed by atoms with Gasteiger partial charge in [-0.1, -0.05) is 6.07 Å². The zero-order valence-corrected chi connectivity index (χ0v) is 11.5. The quantitative estimate of drug-likeness (QED) is 0.870. The van der Waals surface area contributed by atoms with E-state index in [4.69, 9.17) is 0 Å². The van der Waals surface area contributed by atoms with Gasteiger partial charge in [-0.05, 0) is 70.1 Å². The molecule has 1 saturated heterocycles. The molecule has 1 aromatic rings. The molecule has 0 spiro atoms. The summed E-state index contributed by atoms with van der Waals surface area (Å²) >= 11 is 0. The third-order valence-electron chi connectivity index (χ3n) is 3.86. The van der Waals surface area contributed by atoms with Crippen molar-refractivity contribution in [2.45, 2.75) is 26.7 Å². The average Bonchev–Trinajstić information content (AvgIpc) is 2.34. The second-order valence-electron chi connectivity index (χ2n) is 5.37. The van der Waals surface area contributed by atoms with Crippen molar-refractivity contribution < 1.29 is 4.79 Å². The van der Waals surface area contributed by atoms with Gasteiger partial charge in [0.05, 0.1) is 0 Å². The van der Waals surface area contributed by atoms with Crippen LogP contribution in [-0.2, 0) is 4.79 Å². The van der Waals surface area contributed by atoms with Crippen LogP contribution < -0.4 is 5.32 Å². The number of aryl methyl sites for hydroxylation is 2. The molecule has 0 bridgehead atoms. The predicted molar refractivity (Wildman–Crippen MR) is 74.8 cm³/mol. The topological polar surface area (TPSA) is 32.3 Å². The molecule has 1 heterocycles. The fourth-order valence-electron chi connectivity index (χ4n) is 2.33. The molecule has 0 saturated carbocycles. The van der Waals surface area contributed by atoms with Crippen LogP contribution >= 0.6 is 0 Å². The normalized spacial score (nSPS) is 17.7. The van der Waals surface area contributed by atoms with Gasteiger partial charge < -0.3 is 10.2 Å². The summed E-state index contributed by atoms with van der Waals surface area (Å²) in [7, 11) is 2.11. The Balaban J connectivity index is 1.96. The summed E-state index contributed by atoms with van der Waals surface area (Å²) in [6.45, 7) is 6.19.